The van der Waals surface area contributed by atoms with Crippen molar-refractivity contribution in [3.8, 4) is 11.5 Å². The van der Waals surface area contributed by atoms with Crippen molar-refractivity contribution in [2.24, 2.45) is 5.41 Å². The fraction of sp³-hybridized carbons (Fsp3) is 0.600. The first-order valence-electron chi connectivity index (χ1n) is 6.73. The van der Waals surface area contributed by atoms with Gasteiger partial charge in [0.2, 0.25) is 0 Å². The average Bonchev–Trinajstić information content (AvgIpc) is 2.30. The van der Waals surface area contributed by atoms with Crippen molar-refractivity contribution in [3.05, 3.63) is 23.8 Å². The third kappa shape index (κ3) is 6.19. The van der Waals surface area contributed by atoms with E-state index in [-0.39, 0.29) is 11.2 Å². The Morgan fingerprint density at radius 3 is 2.45 bits per heavy atom. The minimum absolute atomic E-state index is 0.0708. The minimum atomic E-state index is -2.85. The molecule has 0 unspecified atom stereocenters. The van der Waals surface area contributed by atoms with Crippen molar-refractivity contribution in [1.82, 2.24) is 5.32 Å². The van der Waals surface area contributed by atoms with Gasteiger partial charge < -0.3 is 14.8 Å². The molecule has 20 heavy (non-hydrogen) atoms. The van der Waals surface area contributed by atoms with Crippen molar-refractivity contribution >= 4 is 0 Å². The van der Waals surface area contributed by atoms with Gasteiger partial charge in [0.05, 0.1) is 6.61 Å². The second kappa shape index (κ2) is 7.43. The molecule has 0 atom stereocenters. The second-order valence-electron chi connectivity index (χ2n) is 5.76. The third-order valence-corrected chi connectivity index (χ3v) is 2.51. The number of halogens is 2. The van der Waals surface area contributed by atoms with Gasteiger partial charge in [-0.05, 0) is 30.0 Å². The zero-order valence-electron chi connectivity index (χ0n) is 12.5. The Hall–Kier alpha value is -1.36. The van der Waals surface area contributed by atoms with Crippen molar-refractivity contribution in [2.75, 3.05) is 13.2 Å². The maximum atomic E-state index is 12.3. The molecule has 3 nitrogen and oxygen atoms in total. The van der Waals surface area contributed by atoms with Crippen molar-refractivity contribution in [2.45, 2.75) is 40.9 Å². The molecule has 0 aliphatic carbocycles. The molecule has 0 bridgehead atoms. The van der Waals surface area contributed by atoms with E-state index in [2.05, 4.69) is 30.8 Å². The maximum absolute atomic E-state index is 12.3. The van der Waals surface area contributed by atoms with E-state index >= 15 is 0 Å². The summed E-state index contributed by atoms with van der Waals surface area (Å²) < 4.78 is 34.3. The van der Waals surface area contributed by atoms with Crippen LogP contribution in [0.4, 0.5) is 8.78 Å². The number of rotatable bonds is 7. The zero-order chi connectivity index (χ0) is 15.2. The van der Waals surface area contributed by atoms with Crippen LogP contribution in [-0.4, -0.2) is 19.8 Å². The Balaban J connectivity index is 2.71. The van der Waals surface area contributed by atoms with Gasteiger partial charge >= 0.3 is 6.61 Å². The summed E-state index contributed by atoms with van der Waals surface area (Å²) in [4.78, 5) is 0. The number of ether oxygens (including phenoxy) is 2. The van der Waals surface area contributed by atoms with Gasteiger partial charge in [0.1, 0.15) is 0 Å². The summed E-state index contributed by atoms with van der Waals surface area (Å²) in [5.41, 5.74) is 1.17. The summed E-state index contributed by atoms with van der Waals surface area (Å²) in [6.07, 6.45) is 0. The van der Waals surface area contributed by atoms with E-state index in [1.54, 1.807) is 19.1 Å². The summed E-state index contributed by atoms with van der Waals surface area (Å²) in [5, 5.41) is 3.33. The second-order valence-corrected chi connectivity index (χ2v) is 5.76. The van der Waals surface area contributed by atoms with Gasteiger partial charge in [-0.15, -0.1) is 0 Å². The summed E-state index contributed by atoms with van der Waals surface area (Å²) in [7, 11) is 0. The molecule has 0 heterocycles. The normalized spacial score (nSPS) is 11.8. The van der Waals surface area contributed by atoms with Crippen LogP contribution < -0.4 is 14.8 Å². The lowest BCUT2D eigenvalue weighted by Crippen LogP contribution is -2.26. The van der Waals surface area contributed by atoms with Crippen molar-refractivity contribution in [3.63, 3.8) is 0 Å². The van der Waals surface area contributed by atoms with Crippen LogP contribution in [0.2, 0.25) is 0 Å². The fourth-order valence-corrected chi connectivity index (χ4v) is 1.71. The highest BCUT2D eigenvalue weighted by molar-refractivity contribution is 5.43. The molecule has 1 N–H and O–H groups in total. The van der Waals surface area contributed by atoms with Crippen LogP contribution in [-0.2, 0) is 6.54 Å². The summed E-state index contributed by atoms with van der Waals surface area (Å²) in [5.74, 6) is 0.421. The molecule has 0 amide bonds. The number of nitrogens with one attached hydrogen (secondary N) is 1. The Morgan fingerprint density at radius 2 is 1.90 bits per heavy atom. The summed E-state index contributed by atoms with van der Waals surface area (Å²) in [6, 6.07) is 5.01. The maximum Gasteiger partial charge on any atom is 0.387 e. The Morgan fingerprint density at radius 1 is 1.20 bits per heavy atom. The predicted octanol–water partition coefficient (Wildman–Crippen LogP) is 3.82. The molecule has 0 aliphatic heterocycles. The van der Waals surface area contributed by atoms with Crippen molar-refractivity contribution < 1.29 is 18.3 Å². The van der Waals surface area contributed by atoms with Crippen LogP contribution in [0.5, 0.6) is 11.5 Å². The molecule has 5 heteroatoms. The molecular formula is C15H23F2NO2. The smallest absolute Gasteiger partial charge is 0.387 e. The van der Waals surface area contributed by atoms with E-state index in [9.17, 15) is 8.78 Å². The molecule has 1 aromatic carbocycles. The standard InChI is InChI=1S/C15H23F2NO2/c1-5-19-13-8-11(9-18-10-15(2,3)4)6-7-12(13)20-14(16)17/h6-8,14,18H,5,9-10H2,1-4H3. The van der Waals surface area contributed by atoms with Crippen LogP contribution in [0.3, 0.4) is 0 Å². The van der Waals surface area contributed by atoms with E-state index in [1.807, 2.05) is 0 Å². The Labute approximate surface area is 119 Å². The largest absolute Gasteiger partial charge is 0.490 e. The Bertz CT molecular complexity index is 417. The predicted molar refractivity (Wildman–Crippen MR) is 75.4 cm³/mol. The SMILES string of the molecule is CCOc1cc(CNCC(C)(C)C)ccc1OC(F)F. The number of hydrogen-bond donors (Lipinski definition) is 1. The van der Waals surface area contributed by atoms with Crippen LogP contribution in [0.1, 0.15) is 33.3 Å². The van der Waals surface area contributed by atoms with Crippen LogP contribution in [0.25, 0.3) is 0 Å². The summed E-state index contributed by atoms with van der Waals surface area (Å²) in [6.45, 7) is 7.31. The molecule has 0 saturated carbocycles. The first-order valence-corrected chi connectivity index (χ1v) is 6.73. The topological polar surface area (TPSA) is 30.5 Å². The first-order chi connectivity index (χ1) is 9.31. The highest BCUT2D eigenvalue weighted by Crippen LogP contribution is 2.29. The molecule has 1 rings (SSSR count). The zero-order valence-corrected chi connectivity index (χ0v) is 12.5. The van der Waals surface area contributed by atoms with Gasteiger partial charge in [-0.2, -0.15) is 8.78 Å². The number of hydrogen-bond acceptors (Lipinski definition) is 3. The molecule has 0 fully saturated rings. The molecule has 0 spiro atoms. The molecule has 1 aromatic rings. The number of benzene rings is 1. The first kappa shape index (κ1) is 16.7. The molecule has 0 saturated heterocycles. The van der Waals surface area contributed by atoms with Crippen LogP contribution >= 0.6 is 0 Å². The fourth-order valence-electron chi connectivity index (χ4n) is 1.71. The van der Waals surface area contributed by atoms with Crippen LogP contribution in [0.15, 0.2) is 18.2 Å². The van der Waals surface area contributed by atoms with E-state index in [0.717, 1.165) is 12.1 Å². The molecular weight excluding hydrogens is 264 g/mol. The lowest BCUT2D eigenvalue weighted by molar-refractivity contribution is -0.0514. The van der Waals surface area contributed by atoms with E-state index in [4.69, 9.17) is 4.74 Å². The highest BCUT2D eigenvalue weighted by Gasteiger charge is 2.12. The van der Waals surface area contributed by atoms with Gasteiger partial charge in [0.15, 0.2) is 11.5 Å². The molecule has 0 aromatic heterocycles. The van der Waals surface area contributed by atoms with E-state index < -0.39 is 6.61 Å². The average molecular weight is 287 g/mol. The lowest BCUT2D eigenvalue weighted by Gasteiger charge is -2.19. The summed E-state index contributed by atoms with van der Waals surface area (Å²) >= 11 is 0. The van der Waals surface area contributed by atoms with Crippen LogP contribution in [0, 0.1) is 5.41 Å². The highest BCUT2D eigenvalue weighted by atomic mass is 19.3. The molecule has 0 aliphatic rings. The van der Waals surface area contributed by atoms with E-state index in [1.165, 1.54) is 6.07 Å². The van der Waals surface area contributed by atoms with Crippen molar-refractivity contribution in [1.29, 1.82) is 0 Å². The van der Waals surface area contributed by atoms with E-state index in [0.29, 0.717) is 18.9 Å². The van der Waals surface area contributed by atoms with Gasteiger partial charge in [0.25, 0.3) is 0 Å². The van der Waals surface area contributed by atoms with Gasteiger partial charge in [-0.25, -0.2) is 0 Å². The van der Waals surface area contributed by atoms with Gasteiger partial charge in [0, 0.05) is 13.1 Å². The quantitative estimate of drug-likeness (QED) is 0.827. The number of alkyl halides is 2. The minimum Gasteiger partial charge on any atom is -0.490 e. The monoisotopic (exact) mass is 287 g/mol. The van der Waals surface area contributed by atoms with Gasteiger partial charge in [-0.3, -0.25) is 0 Å². The third-order valence-electron chi connectivity index (χ3n) is 2.51. The van der Waals surface area contributed by atoms with Gasteiger partial charge in [-0.1, -0.05) is 26.8 Å². The molecule has 0 radical (unpaired) electrons. The lowest BCUT2D eigenvalue weighted by atomic mass is 9.97. The Kier molecular flexibility index (Phi) is 6.20. The molecule has 114 valence electrons.